The van der Waals surface area contributed by atoms with Crippen molar-refractivity contribution in [2.24, 2.45) is 0 Å². The Morgan fingerprint density at radius 2 is 2.29 bits per heavy atom. The van der Waals surface area contributed by atoms with Gasteiger partial charge in [-0.1, -0.05) is 41.2 Å². The molecular formula is C15H18N4OS. The summed E-state index contributed by atoms with van der Waals surface area (Å²) < 4.78 is 0. The van der Waals surface area contributed by atoms with Gasteiger partial charge >= 0.3 is 0 Å². The van der Waals surface area contributed by atoms with E-state index in [1.165, 1.54) is 16.9 Å². The van der Waals surface area contributed by atoms with E-state index >= 15 is 0 Å². The normalized spacial score (nSPS) is 14.0. The fourth-order valence-electron chi connectivity index (χ4n) is 2.04. The molecule has 1 aliphatic rings. The zero-order valence-corrected chi connectivity index (χ0v) is 12.7. The first-order valence-corrected chi connectivity index (χ1v) is 7.80. The van der Waals surface area contributed by atoms with Gasteiger partial charge in [0.1, 0.15) is 10.7 Å². The summed E-state index contributed by atoms with van der Waals surface area (Å²) in [6.45, 7) is 2.52. The molecule has 0 unspecified atom stereocenters. The summed E-state index contributed by atoms with van der Waals surface area (Å²) in [6.07, 6.45) is 2.32. The molecule has 0 radical (unpaired) electrons. The average molecular weight is 302 g/mol. The van der Waals surface area contributed by atoms with Gasteiger partial charge in [0.15, 0.2) is 5.13 Å². The van der Waals surface area contributed by atoms with Gasteiger partial charge in [-0.15, -0.1) is 0 Å². The molecule has 1 saturated carbocycles. The van der Waals surface area contributed by atoms with Crippen LogP contribution in [-0.4, -0.2) is 16.9 Å². The number of rotatable bonds is 5. The predicted molar refractivity (Wildman–Crippen MR) is 85.5 cm³/mol. The standard InChI is InChI=1S/C15H18N4OS/c1-9-3-2-4-10(7-9)8-17-14(20)12-13(16)19-15(21-12)18-11-5-6-11/h2-4,7,11H,5-6,8,16H2,1H3,(H,17,20)(H,18,19). The first-order chi connectivity index (χ1) is 10.1. The highest BCUT2D eigenvalue weighted by atomic mass is 32.1. The van der Waals surface area contributed by atoms with Crippen LogP contribution in [0.25, 0.3) is 0 Å². The van der Waals surface area contributed by atoms with Crippen molar-refractivity contribution in [1.82, 2.24) is 10.3 Å². The molecule has 0 spiro atoms. The van der Waals surface area contributed by atoms with Crippen LogP contribution in [0, 0.1) is 6.92 Å². The Bertz CT molecular complexity index is 663. The lowest BCUT2D eigenvalue weighted by Crippen LogP contribution is -2.22. The third-order valence-electron chi connectivity index (χ3n) is 3.30. The van der Waals surface area contributed by atoms with E-state index in [0.717, 1.165) is 23.5 Å². The number of nitrogens with zero attached hydrogens (tertiary/aromatic N) is 1. The number of nitrogens with one attached hydrogen (secondary N) is 2. The van der Waals surface area contributed by atoms with Crippen LogP contribution in [0.15, 0.2) is 24.3 Å². The Morgan fingerprint density at radius 3 is 3.00 bits per heavy atom. The van der Waals surface area contributed by atoms with Gasteiger partial charge < -0.3 is 16.4 Å². The number of hydrogen-bond donors (Lipinski definition) is 3. The number of carbonyl (C=O) groups excluding carboxylic acids is 1. The van der Waals surface area contributed by atoms with Crippen molar-refractivity contribution in [3.63, 3.8) is 0 Å². The Morgan fingerprint density at radius 1 is 1.48 bits per heavy atom. The van der Waals surface area contributed by atoms with Crippen LogP contribution in [0.2, 0.25) is 0 Å². The van der Waals surface area contributed by atoms with Gasteiger partial charge in [0.25, 0.3) is 5.91 Å². The second-order valence-electron chi connectivity index (χ2n) is 5.32. The first kappa shape index (κ1) is 13.9. The summed E-state index contributed by atoms with van der Waals surface area (Å²) in [7, 11) is 0. The van der Waals surface area contributed by atoms with Gasteiger partial charge in [0, 0.05) is 12.6 Å². The van der Waals surface area contributed by atoms with Gasteiger partial charge in [0.05, 0.1) is 0 Å². The van der Waals surface area contributed by atoms with Gasteiger partial charge in [-0.25, -0.2) is 4.98 Å². The summed E-state index contributed by atoms with van der Waals surface area (Å²) in [6, 6.07) is 8.55. The number of thiazole rings is 1. The van der Waals surface area contributed by atoms with E-state index < -0.39 is 0 Å². The summed E-state index contributed by atoms with van der Waals surface area (Å²) in [5.41, 5.74) is 8.08. The molecule has 1 heterocycles. The van der Waals surface area contributed by atoms with Crippen molar-refractivity contribution in [1.29, 1.82) is 0 Å². The van der Waals surface area contributed by atoms with E-state index in [4.69, 9.17) is 5.73 Å². The highest BCUT2D eigenvalue weighted by molar-refractivity contribution is 7.18. The van der Waals surface area contributed by atoms with Crippen LogP contribution < -0.4 is 16.4 Å². The van der Waals surface area contributed by atoms with E-state index in [1.54, 1.807) is 0 Å². The number of hydrogen-bond acceptors (Lipinski definition) is 5. The Balaban J connectivity index is 1.63. The quantitative estimate of drug-likeness (QED) is 0.793. The predicted octanol–water partition coefficient (Wildman–Crippen LogP) is 2.54. The van der Waals surface area contributed by atoms with Crippen molar-refractivity contribution >= 4 is 28.2 Å². The molecule has 1 aromatic carbocycles. The molecule has 0 atom stereocenters. The van der Waals surface area contributed by atoms with Crippen molar-refractivity contribution in [3.8, 4) is 0 Å². The Labute approximate surface area is 127 Å². The minimum atomic E-state index is -0.171. The zero-order valence-electron chi connectivity index (χ0n) is 11.8. The van der Waals surface area contributed by atoms with Gasteiger partial charge in [-0.2, -0.15) is 0 Å². The lowest BCUT2D eigenvalue weighted by Gasteiger charge is -2.05. The van der Waals surface area contributed by atoms with Crippen molar-refractivity contribution in [2.45, 2.75) is 32.4 Å². The fourth-order valence-corrected chi connectivity index (χ4v) is 2.92. The molecule has 1 aromatic heterocycles. The monoisotopic (exact) mass is 302 g/mol. The highest BCUT2D eigenvalue weighted by Gasteiger charge is 2.24. The van der Waals surface area contributed by atoms with E-state index in [9.17, 15) is 4.79 Å². The Hall–Kier alpha value is -2.08. The number of nitrogen functional groups attached to an aromatic ring is 1. The molecule has 110 valence electrons. The van der Waals surface area contributed by atoms with Gasteiger partial charge in [-0.05, 0) is 25.3 Å². The molecule has 3 rings (SSSR count). The maximum absolute atomic E-state index is 12.2. The Kier molecular flexibility index (Phi) is 3.79. The lowest BCUT2D eigenvalue weighted by molar-refractivity contribution is 0.0955. The largest absolute Gasteiger partial charge is 0.382 e. The van der Waals surface area contributed by atoms with Gasteiger partial charge in [-0.3, -0.25) is 4.79 Å². The molecule has 1 amide bonds. The third-order valence-corrected chi connectivity index (χ3v) is 4.30. The van der Waals surface area contributed by atoms with Crippen LogP contribution in [-0.2, 0) is 6.54 Å². The van der Waals surface area contributed by atoms with Crippen LogP contribution >= 0.6 is 11.3 Å². The summed E-state index contributed by atoms with van der Waals surface area (Å²) >= 11 is 1.31. The SMILES string of the molecule is Cc1cccc(CNC(=O)c2sc(NC3CC3)nc2N)c1. The molecule has 0 bridgehead atoms. The topological polar surface area (TPSA) is 80.0 Å². The number of carbonyl (C=O) groups is 1. The molecule has 2 aromatic rings. The molecule has 5 nitrogen and oxygen atoms in total. The molecule has 1 aliphatic carbocycles. The van der Waals surface area contributed by atoms with Crippen LogP contribution in [0.1, 0.15) is 33.6 Å². The number of amides is 1. The van der Waals surface area contributed by atoms with Gasteiger partial charge in [0.2, 0.25) is 0 Å². The summed E-state index contributed by atoms with van der Waals surface area (Å²) in [5, 5.41) is 6.88. The minimum Gasteiger partial charge on any atom is -0.382 e. The average Bonchev–Trinajstić information content (AvgIpc) is 3.18. The number of benzene rings is 1. The van der Waals surface area contributed by atoms with Crippen LogP contribution in [0.5, 0.6) is 0 Å². The summed E-state index contributed by atoms with van der Waals surface area (Å²) in [4.78, 5) is 16.9. The molecule has 21 heavy (non-hydrogen) atoms. The van der Waals surface area contributed by atoms with Crippen LogP contribution in [0.3, 0.4) is 0 Å². The zero-order chi connectivity index (χ0) is 14.8. The molecule has 0 aliphatic heterocycles. The maximum Gasteiger partial charge on any atom is 0.265 e. The fraction of sp³-hybridized carbons (Fsp3) is 0.333. The van der Waals surface area contributed by atoms with Crippen molar-refractivity contribution < 1.29 is 4.79 Å². The maximum atomic E-state index is 12.2. The second kappa shape index (κ2) is 5.73. The van der Waals surface area contributed by atoms with E-state index in [-0.39, 0.29) is 5.91 Å². The number of aromatic nitrogens is 1. The molecule has 6 heteroatoms. The molecule has 4 N–H and O–H groups in total. The molecule has 1 fully saturated rings. The van der Waals surface area contributed by atoms with Crippen LogP contribution in [0.4, 0.5) is 10.9 Å². The highest BCUT2D eigenvalue weighted by Crippen LogP contribution is 2.30. The van der Waals surface area contributed by atoms with E-state index in [1.807, 2.05) is 25.1 Å². The number of nitrogens with two attached hydrogens (primary N) is 1. The summed E-state index contributed by atoms with van der Waals surface area (Å²) in [5.74, 6) is 0.125. The second-order valence-corrected chi connectivity index (χ2v) is 6.32. The number of aryl methyl sites for hydroxylation is 1. The van der Waals surface area contributed by atoms with Crippen molar-refractivity contribution in [2.75, 3.05) is 11.1 Å². The van der Waals surface area contributed by atoms with E-state index in [2.05, 4.69) is 21.7 Å². The molecule has 0 saturated heterocycles. The third kappa shape index (κ3) is 3.52. The smallest absolute Gasteiger partial charge is 0.265 e. The number of anilines is 2. The minimum absolute atomic E-state index is 0.171. The molecular weight excluding hydrogens is 284 g/mol. The first-order valence-electron chi connectivity index (χ1n) is 6.98. The van der Waals surface area contributed by atoms with Crippen molar-refractivity contribution in [3.05, 3.63) is 40.3 Å². The lowest BCUT2D eigenvalue weighted by atomic mass is 10.1. The van der Waals surface area contributed by atoms with E-state index in [0.29, 0.717) is 23.3 Å².